The van der Waals surface area contributed by atoms with Crippen LogP contribution >= 0.6 is 11.6 Å². The molecule has 1 unspecified atom stereocenters. The molecule has 0 aliphatic rings. The number of carbonyl (C=O) groups excluding carboxylic acids is 1. The SMILES string of the molecule is CCC(CCl)NC(=O)Cc1ccc(C)c(C)c1. The van der Waals surface area contributed by atoms with Crippen LogP contribution in [-0.4, -0.2) is 17.8 Å². The molecule has 1 atom stereocenters. The van der Waals surface area contributed by atoms with Crippen LogP contribution in [0.2, 0.25) is 0 Å². The highest BCUT2D eigenvalue weighted by Gasteiger charge is 2.09. The smallest absolute Gasteiger partial charge is 0.224 e. The van der Waals surface area contributed by atoms with Gasteiger partial charge in [0.25, 0.3) is 0 Å². The second-order valence-electron chi connectivity index (χ2n) is 4.42. The summed E-state index contributed by atoms with van der Waals surface area (Å²) in [4.78, 5) is 11.8. The summed E-state index contributed by atoms with van der Waals surface area (Å²) in [6.45, 7) is 6.15. The lowest BCUT2D eigenvalue weighted by molar-refractivity contribution is -0.121. The molecule has 0 aromatic heterocycles. The maximum Gasteiger partial charge on any atom is 0.224 e. The van der Waals surface area contributed by atoms with Crippen molar-refractivity contribution in [2.75, 3.05) is 5.88 Å². The van der Waals surface area contributed by atoms with Crippen LogP contribution in [0.4, 0.5) is 0 Å². The molecule has 17 heavy (non-hydrogen) atoms. The number of hydrogen-bond donors (Lipinski definition) is 1. The van der Waals surface area contributed by atoms with Gasteiger partial charge in [-0.15, -0.1) is 11.6 Å². The molecule has 3 heteroatoms. The molecule has 1 N–H and O–H groups in total. The lowest BCUT2D eigenvalue weighted by Crippen LogP contribution is -2.36. The lowest BCUT2D eigenvalue weighted by atomic mass is 10.0. The molecule has 1 aromatic rings. The molecule has 0 aliphatic heterocycles. The van der Waals surface area contributed by atoms with Gasteiger partial charge in [0.15, 0.2) is 0 Å². The summed E-state index contributed by atoms with van der Waals surface area (Å²) in [5.74, 6) is 0.510. The number of halogens is 1. The third kappa shape index (κ3) is 4.39. The third-order valence-electron chi connectivity index (χ3n) is 2.98. The zero-order valence-electron chi connectivity index (χ0n) is 10.7. The number of hydrogen-bond acceptors (Lipinski definition) is 1. The van der Waals surface area contributed by atoms with Crippen molar-refractivity contribution in [3.63, 3.8) is 0 Å². The number of nitrogens with one attached hydrogen (secondary N) is 1. The summed E-state index contributed by atoms with van der Waals surface area (Å²) in [7, 11) is 0. The van der Waals surface area contributed by atoms with Crippen molar-refractivity contribution in [1.29, 1.82) is 0 Å². The van der Waals surface area contributed by atoms with E-state index in [-0.39, 0.29) is 11.9 Å². The fraction of sp³-hybridized carbons (Fsp3) is 0.500. The monoisotopic (exact) mass is 253 g/mol. The summed E-state index contributed by atoms with van der Waals surface area (Å²) in [5.41, 5.74) is 3.52. The van der Waals surface area contributed by atoms with E-state index in [1.807, 2.05) is 13.0 Å². The van der Waals surface area contributed by atoms with E-state index in [9.17, 15) is 4.79 Å². The minimum absolute atomic E-state index is 0.0424. The molecule has 0 spiro atoms. The predicted octanol–water partition coefficient (Wildman–Crippen LogP) is 2.98. The molecule has 1 amide bonds. The third-order valence-corrected chi connectivity index (χ3v) is 3.35. The molecule has 1 aromatic carbocycles. The zero-order chi connectivity index (χ0) is 12.8. The van der Waals surface area contributed by atoms with Gasteiger partial charge in [0.1, 0.15) is 0 Å². The van der Waals surface area contributed by atoms with Gasteiger partial charge in [-0.05, 0) is 37.0 Å². The molecule has 0 saturated carbocycles. The van der Waals surface area contributed by atoms with E-state index >= 15 is 0 Å². The van der Waals surface area contributed by atoms with Gasteiger partial charge in [-0.1, -0.05) is 25.1 Å². The van der Waals surface area contributed by atoms with Crippen molar-refractivity contribution in [3.05, 3.63) is 34.9 Å². The van der Waals surface area contributed by atoms with Crippen molar-refractivity contribution in [2.45, 2.75) is 39.7 Å². The Bertz CT molecular complexity index is 386. The Labute approximate surface area is 108 Å². The Morgan fingerprint density at radius 3 is 2.59 bits per heavy atom. The first kappa shape index (κ1) is 14.0. The normalized spacial score (nSPS) is 12.2. The summed E-state index contributed by atoms with van der Waals surface area (Å²) >= 11 is 5.75. The van der Waals surface area contributed by atoms with Crippen LogP contribution in [0.5, 0.6) is 0 Å². The first-order chi connectivity index (χ1) is 8.06. The summed E-state index contributed by atoms with van der Waals surface area (Å²) in [5, 5.41) is 2.93. The van der Waals surface area contributed by atoms with Gasteiger partial charge >= 0.3 is 0 Å². The highest BCUT2D eigenvalue weighted by Crippen LogP contribution is 2.10. The number of amides is 1. The van der Waals surface area contributed by atoms with Crippen LogP contribution in [0.15, 0.2) is 18.2 Å². The van der Waals surface area contributed by atoms with Crippen molar-refractivity contribution in [2.24, 2.45) is 0 Å². The van der Waals surface area contributed by atoms with Crippen LogP contribution in [0, 0.1) is 13.8 Å². The summed E-state index contributed by atoms with van der Waals surface area (Å²) in [6, 6.07) is 6.20. The first-order valence-electron chi connectivity index (χ1n) is 5.98. The van der Waals surface area contributed by atoms with Crippen LogP contribution in [0.25, 0.3) is 0 Å². The Morgan fingerprint density at radius 2 is 2.06 bits per heavy atom. The second kappa shape index (κ2) is 6.65. The standard InChI is InChI=1S/C14H20ClNO/c1-4-13(9-15)16-14(17)8-12-6-5-10(2)11(3)7-12/h5-7,13H,4,8-9H2,1-3H3,(H,16,17). The number of rotatable bonds is 5. The molecule has 2 nitrogen and oxygen atoms in total. The van der Waals surface area contributed by atoms with E-state index in [4.69, 9.17) is 11.6 Å². The number of benzene rings is 1. The van der Waals surface area contributed by atoms with Crippen molar-refractivity contribution in [1.82, 2.24) is 5.32 Å². The largest absolute Gasteiger partial charge is 0.352 e. The molecular formula is C14H20ClNO. The van der Waals surface area contributed by atoms with E-state index in [1.165, 1.54) is 11.1 Å². The van der Waals surface area contributed by atoms with Gasteiger partial charge in [-0.3, -0.25) is 4.79 Å². The Morgan fingerprint density at radius 1 is 1.35 bits per heavy atom. The van der Waals surface area contributed by atoms with Gasteiger partial charge < -0.3 is 5.32 Å². The Kier molecular flexibility index (Phi) is 5.49. The molecule has 0 aliphatic carbocycles. The average Bonchev–Trinajstić information content (AvgIpc) is 2.31. The molecule has 0 heterocycles. The van der Waals surface area contributed by atoms with Crippen LogP contribution < -0.4 is 5.32 Å². The molecular weight excluding hydrogens is 234 g/mol. The molecule has 0 fully saturated rings. The van der Waals surface area contributed by atoms with Crippen LogP contribution in [0.1, 0.15) is 30.0 Å². The molecule has 0 bridgehead atoms. The molecule has 1 rings (SSSR count). The van der Waals surface area contributed by atoms with Gasteiger partial charge in [0.05, 0.1) is 6.42 Å². The Balaban J connectivity index is 2.58. The van der Waals surface area contributed by atoms with Crippen molar-refractivity contribution >= 4 is 17.5 Å². The van der Waals surface area contributed by atoms with Crippen molar-refractivity contribution < 1.29 is 4.79 Å². The van der Waals surface area contributed by atoms with Gasteiger partial charge in [0.2, 0.25) is 5.91 Å². The molecule has 94 valence electrons. The van der Waals surface area contributed by atoms with E-state index in [1.54, 1.807) is 0 Å². The topological polar surface area (TPSA) is 29.1 Å². The second-order valence-corrected chi connectivity index (χ2v) is 4.73. The lowest BCUT2D eigenvalue weighted by Gasteiger charge is -2.14. The summed E-state index contributed by atoms with van der Waals surface area (Å²) in [6.07, 6.45) is 1.29. The first-order valence-corrected chi connectivity index (χ1v) is 6.51. The van der Waals surface area contributed by atoms with E-state index in [0.29, 0.717) is 12.3 Å². The zero-order valence-corrected chi connectivity index (χ0v) is 11.5. The summed E-state index contributed by atoms with van der Waals surface area (Å²) < 4.78 is 0. The van der Waals surface area contributed by atoms with E-state index < -0.39 is 0 Å². The average molecular weight is 254 g/mol. The highest BCUT2D eigenvalue weighted by atomic mass is 35.5. The maximum absolute atomic E-state index is 11.8. The predicted molar refractivity (Wildman–Crippen MR) is 72.6 cm³/mol. The fourth-order valence-corrected chi connectivity index (χ4v) is 1.92. The molecule has 0 saturated heterocycles. The van der Waals surface area contributed by atoms with Crippen LogP contribution in [0.3, 0.4) is 0 Å². The van der Waals surface area contributed by atoms with Crippen molar-refractivity contribution in [3.8, 4) is 0 Å². The van der Waals surface area contributed by atoms with E-state index in [2.05, 4.69) is 31.3 Å². The number of alkyl halides is 1. The minimum Gasteiger partial charge on any atom is -0.352 e. The highest BCUT2D eigenvalue weighted by molar-refractivity contribution is 6.18. The number of aryl methyl sites for hydroxylation is 2. The fourth-order valence-electron chi connectivity index (χ4n) is 1.63. The quantitative estimate of drug-likeness (QED) is 0.804. The van der Waals surface area contributed by atoms with E-state index in [0.717, 1.165) is 12.0 Å². The Hall–Kier alpha value is -1.02. The maximum atomic E-state index is 11.8. The van der Waals surface area contributed by atoms with Crippen LogP contribution in [-0.2, 0) is 11.2 Å². The minimum atomic E-state index is 0.0424. The van der Waals surface area contributed by atoms with Gasteiger partial charge in [0, 0.05) is 11.9 Å². The van der Waals surface area contributed by atoms with Gasteiger partial charge in [-0.2, -0.15) is 0 Å². The van der Waals surface area contributed by atoms with Gasteiger partial charge in [-0.25, -0.2) is 0 Å². The molecule has 0 radical (unpaired) electrons. The number of carbonyl (C=O) groups is 1.